The van der Waals surface area contributed by atoms with Crippen molar-refractivity contribution in [2.24, 2.45) is 0 Å². The minimum atomic E-state index is -0.101. The molecule has 0 spiro atoms. The molecule has 3 aromatic rings. The second-order valence-corrected chi connectivity index (χ2v) is 9.54. The molecule has 0 bridgehead atoms. The fourth-order valence-electron chi connectivity index (χ4n) is 3.45. The van der Waals surface area contributed by atoms with E-state index in [4.69, 9.17) is 0 Å². The average molecular weight is 473 g/mol. The predicted octanol–water partition coefficient (Wildman–Crippen LogP) is 4.56. The Morgan fingerprint density at radius 3 is 2.69 bits per heavy atom. The normalized spacial score (nSPS) is 12.3. The molecular weight excluding hydrogens is 440 g/mol. The Morgan fingerprint density at radius 2 is 1.97 bits per heavy atom. The molecule has 1 amide bonds. The quantitative estimate of drug-likeness (QED) is 0.389. The fraction of sp³-hybridized carbons (Fsp3) is 0.478. The highest BCUT2D eigenvalue weighted by Crippen LogP contribution is 2.26. The number of carbonyl (C=O) groups excluding carboxylic acids is 1. The van der Waals surface area contributed by atoms with Crippen LogP contribution >= 0.6 is 23.1 Å². The first-order valence-corrected chi connectivity index (χ1v) is 13.0. The van der Waals surface area contributed by atoms with E-state index in [0.717, 1.165) is 54.2 Å². The van der Waals surface area contributed by atoms with E-state index in [2.05, 4.69) is 46.2 Å². The Bertz CT molecular complexity index is 984. The van der Waals surface area contributed by atoms with Gasteiger partial charge in [-0.15, -0.1) is 21.5 Å². The summed E-state index contributed by atoms with van der Waals surface area (Å²) in [5.41, 5.74) is 1.52. The topological polar surface area (TPSA) is 75.9 Å². The van der Waals surface area contributed by atoms with Crippen molar-refractivity contribution in [2.45, 2.75) is 57.5 Å². The van der Waals surface area contributed by atoms with Crippen LogP contribution in [0, 0.1) is 6.92 Å². The zero-order chi connectivity index (χ0) is 22.9. The number of nitrogens with one attached hydrogen (secondary N) is 1. The van der Waals surface area contributed by atoms with Crippen LogP contribution < -0.4 is 5.32 Å². The third-order valence-corrected chi connectivity index (χ3v) is 7.27. The second-order valence-electron chi connectivity index (χ2n) is 7.66. The first kappa shape index (κ1) is 24.4. The second kappa shape index (κ2) is 12.1. The molecule has 0 aliphatic heterocycles. The van der Waals surface area contributed by atoms with Crippen LogP contribution in [0.15, 0.2) is 40.9 Å². The molecule has 9 heteroatoms. The maximum Gasteiger partial charge on any atom is 0.270 e. The van der Waals surface area contributed by atoms with Gasteiger partial charge >= 0.3 is 0 Å². The fourth-order valence-corrected chi connectivity index (χ4v) is 5.24. The lowest BCUT2D eigenvalue weighted by molar-refractivity contribution is 0.0932. The zero-order valence-corrected chi connectivity index (χ0v) is 20.9. The van der Waals surface area contributed by atoms with Gasteiger partial charge in [0.2, 0.25) is 0 Å². The van der Waals surface area contributed by atoms with Crippen molar-refractivity contribution >= 4 is 29.0 Å². The van der Waals surface area contributed by atoms with E-state index < -0.39 is 0 Å². The zero-order valence-electron chi connectivity index (χ0n) is 19.2. The van der Waals surface area contributed by atoms with Crippen LogP contribution in [0.5, 0.6) is 0 Å². The number of para-hydroxylation sites is 1. The molecule has 1 atom stereocenters. The van der Waals surface area contributed by atoms with E-state index in [1.807, 2.05) is 47.2 Å². The highest BCUT2D eigenvalue weighted by Gasteiger charge is 2.16. The third-order valence-electron chi connectivity index (χ3n) is 5.30. The number of carbonyl (C=O) groups is 1. The Morgan fingerprint density at radius 1 is 1.22 bits per heavy atom. The van der Waals surface area contributed by atoms with Crippen LogP contribution in [-0.2, 0) is 5.75 Å². The van der Waals surface area contributed by atoms with Crippen molar-refractivity contribution in [1.82, 2.24) is 30.0 Å². The smallest absolute Gasteiger partial charge is 0.270 e. The van der Waals surface area contributed by atoms with Crippen LogP contribution in [0.3, 0.4) is 0 Å². The van der Waals surface area contributed by atoms with Crippen molar-refractivity contribution in [1.29, 1.82) is 0 Å². The number of benzene rings is 1. The molecule has 1 unspecified atom stereocenters. The van der Waals surface area contributed by atoms with E-state index in [0.29, 0.717) is 11.4 Å². The molecule has 0 saturated heterocycles. The van der Waals surface area contributed by atoms with Crippen molar-refractivity contribution in [2.75, 3.05) is 19.6 Å². The van der Waals surface area contributed by atoms with Gasteiger partial charge in [0.15, 0.2) is 5.16 Å². The van der Waals surface area contributed by atoms with Gasteiger partial charge in [0.25, 0.3) is 5.91 Å². The molecule has 0 aliphatic carbocycles. The molecule has 2 heterocycles. The van der Waals surface area contributed by atoms with E-state index in [1.165, 1.54) is 11.3 Å². The van der Waals surface area contributed by atoms with Crippen molar-refractivity contribution < 1.29 is 4.79 Å². The van der Waals surface area contributed by atoms with Gasteiger partial charge in [-0.05, 0) is 58.5 Å². The molecule has 0 saturated carbocycles. The molecule has 0 fully saturated rings. The van der Waals surface area contributed by atoms with Gasteiger partial charge in [0.05, 0.1) is 5.75 Å². The lowest BCUT2D eigenvalue weighted by atomic mass is 10.1. The number of aromatic nitrogens is 4. The maximum absolute atomic E-state index is 12.6. The van der Waals surface area contributed by atoms with Crippen molar-refractivity contribution in [3.05, 3.63) is 52.2 Å². The SMILES string of the molecule is CCN(CC)CCCC(C)NC(=O)c1csc(CSc2nnc(C)n2-c2ccccc2)n1. The summed E-state index contributed by atoms with van der Waals surface area (Å²) in [5, 5.41) is 15.2. The first-order chi connectivity index (χ1) is 15.5. The number of thiazole rings is 1. The predicted molar refractivity (Wildman–Crippen MR) is 132 cm³/mol. The van der Waals surface area contributed by atoms with Gasteiger partial charge in [-0.2, -0.15) is 0 Å². The average Bonchev–Trinajstić information content (AvgIpc) is 3.42. The lowest BCUT2D eigenvalue weighted by Gasteiger charge is -2.19. The molecule has 2 aromatic heterocycles. The van der Waals surface area contributed by atoms with Gasteiger partial charge in [0.1, 0.15) is 16.5 Å². The van der Waals surface area contributed by atoms with Gasteiger partial charge in [-0.1, -0.05) is 43.8 Å². The molecule has 32 heavy (non-hydrogen) atoms. The molecule has 3 rings (SSSR count). The monoisotopic (exact) mass is 472 g/mol. The number of hydrogen-bond acceptors (Lipinski definition) is 7. The van der Waals surface area contributed by atoms with Gasteiger partial charge in [-0.3, -0.25) is 9.36 Å². The molecular formula is C23H32N6OS2. The number of amides is 1. The van der Waals surface area contributed by atoms with Crippen molar-refractivity contribution in [3.8, 4) is 5.69 Å². The molecule has 0 radical (unpaired) electrons. The van der Waals surface area contributed by atoms with E-state index in [1.54, 1.807) is 11.8 Å². The highest BCUT2D eigenvalue weighted by molar-refractivity contribution is 7.98. The molecule has 1 aromatic carbocycles. The summed E-state index contributed by atoms with van der Waals surface area (Å²) in [5.74, 6) is 1.38. The van der Waals surface area contributed by atoms with Crippen molar-refractivity contribution in [3.63, 3.8) is 0 Å². The minimum Gasteiger partial charge on any atom is -0.348 e. The van der Waals surface area contributed by atoms with Crippen LogP contribution in [-0.4, -0.2) is 56.2 Å². The highest BCUT2D eigenvalue weighted by atomic mass is 32.2. The van der Waals surface area contributed by atoms with Gasteiger partial charge in [0, 0.05) is 17.1 Å². The summed E-state index contributed by atoms with van der Waals surface area (Å²) in [4.78, 5) is 19.5. The summed E-state index contributed by atoms with van der Waals surface area (Å²) < 4.78 is 2.03. The number of aryl methyl sites for hydroxylation is 1. The van der Waals surface area contributed by atoms with E-state index >= 15 is 0 Å². The molecule has 1 N–H and O–H groups in total. The largest absolute Gasteiger partial charge is 0.348 e. The van der Waals surface area contributed by atoms with E-state index in [9.17, 15) is 4.79 Å². The number of nitrogens with zero attached hydrogens (tertiary/aromatic N) is 5. The van der Waals surface area contributed by atoms with Gasteiger partial charge in [-0.25, -0.2) is 4.98 Å². The standard InChI is InChI=1S/C23H32N6OS2/c1-5-28(6-2)14-10-11-17(3)24-22(30)20-15-31-21(25-20)16-32-23-27-26-18(4)29(23)19-12-8-7-9-13-19/h7-9,12-13,15,17H,5-6,10-11,14,16H2,1-4H3,(H,24,30). The van der Waals surface area contributed by atoms with Crippen LogP contribution in [0.25, 0.3) is 5.69 Å². The summed E-state index contributed by atoms with van der Waals surface area (Å²) in [6, 6.07) is 10.2. The van der Waals surface area contributed by atoms with Gasteiger partial charge < -0.3 is 10.2 Å². The number of hydrogen-bond donors (Lipinski definition) is 1. The third kappa shape index (κ3) is 6.63. The number of thioether (sulfide) groups is 1. The maximum atomic E-state index is 12.6. The molecule has 0 aliphatic rings. The van der Waals surface area contributed by atoms with Crippen LogP contribution in [0.1, 0.15) is 54.9 Å². The van der Waals surface area contributed by atoms with Crippen LogP contribution in [0.4, 0.5) is 0 Å². The molecule has 172 valence electrons. The summed E-state index contributed by atoms with van der Waals surface area (Å²) >= 11 is 3.08. The summed E-state index contributed by atoms with van der Waals surface area (Å²) in [6.07, 6.45) is 2.03. The molecule has 7 nitrogen and oxygen atoms in total. The Labute approximate surface area is 198 Å². The minimum absolute atomic E-state index is 0.101. The van der Waals surface area contributed by atoms with Crippen LogP contribution in [0.2, 0.25) is 0 Å². The Kier molecular flexibility index (Phi) is 9.25. The van der Waals surface area contributed by atoms with E-state index in [-0.39, 0.29) is 11.9 Å². The first-order valence-electron chi connectivity index (χ1n) is 11.1. The Balaban J connectivity index is 1.52. The Hall–Kier alpha value is -2.23. The number of rotatable bonds is 12. The lowest BCUT2D eigenvalue weighted by Crippen LogP contribution is -2.33. The summed E-state index contributed by atoms with van der Waals surface area (Å²) in [6.45, 7) is 11.6. The summed E-state index contributed by atoms with van der Waals surface area (Å²) in [7, 11) is 0.